The smallest absolute Gasteiger partial charge is 0.409 e. The Morgan fingerprint density at radius 2 is 1.56 bits per heavy atom. The fourth-order valence-electron chi connectivity index (χ4n) is 4.84. The van der Waals surface area contributed by atoms with Gasteiger partial charge in [-0.2, -0.15) is 0 Å². The van der Waals surface area contributed by atoms with Crippen molar-refractivity contribution in [2.75, 3.05) is 4.90 Å². The summed E-state index contributed by atoms with van der Waals surface area (Å²) in [5, 5.41) is 15.8. The highest BCUT2D eigenvalue weighted by Gasteiger charge is 2.55. The number of hydrogen-bond donors (Lipinski definition) is 2. The van der Waals surface area contributed by atoms with Crippen LogP contribution in [0, 0.1) is 0 Å². The quantitative estimate of drug-likeness (QED) is 0.383. The number of carbonyl (C=O) groups is 2. The van der Waals surface area contributed by atoms with E-state index in [1.807, 2.05) is 78.9 Å². The number of phenols is 1. The normalized spacial score (nSPS) is 17.2. The van der Waals surface area contributed by atoms with Gasteiger partial charge in [0.25, 0.3) is 5.91 Å². The van der Waals surface area contributed by atoms with E-state index in [2.05, 4.69) is 5.32 Å². The predicted octanol–water partition coefficient (Wildman–Crippen LogP) is 5.86. The van der Waals surface area contributed by atoms with Crippen molar-refractivity contribution >= 4 is 28.5 Å². The average Bonchev–Trinajstić information content (AvgIpc) is 3.07. The number of hydrogen-bond acceptors (Lipinski definition) is 4. The second kappa shape index (κ2) is 8.72. The molecule has 1 aliphatic heterocycles. The number of nitrogens with one attached hydrogen (secondary N) is 1. The van der Waals surface area contributed by atoms with Gasteiger partial charge in [0.05, 0.1) is 12.2 Å². The van der Waals surface area contributed by atoms with Crippen LogP contribution in [0.15, 0.2) is 91.0 Å². The molecule has 0 radical (unpaired) electrons. The summed E-state index contributed by atoms with van der Waals surface area (Å²) >= 11 is 0. The average molecular weight is 481 g/mol. The molecule has 0 aliphatic carbocycles. The molecule has 0 aromatic heterocycles. The van der Waals surface area contributed by atoms with Gasteiger partial charge in [0.1, 0.15) is 11.4 Å². The van der Waals surface area contributed by atoms with Crippen LogP contribution in [-0.4, -0.2) is 22.7 Å². The molecule has 182 valence electrons. The van der Waals surface area contributed by atoms with Gasteiger partial charge in [-0.3, -0.25) is 10.1 Å². The standard InChI is InChI=1S/C30H28N2O4/c1-29(2,3)36-28(35)31-30(24-18-17-21-13-7-8-14-22(21)26(24)33)23-15-9-10-16-25(23)32(27(30)34)19-20-11-5-4-6-12-20/h4-18,33H,19H2,1-3H3,(H,31,35). The number of amides is 2. The molecule has 2 N–H and O–H groups in total. The SMILES string of the molecule is CC(C)(C)OC(=O)NC1(c2ccc3ccccc3c2O)C(=O)N(Cc2ccccc2)c2ccccc21. The van der Waals surface area contributed by atoms with Crippen molar-refractivity contribution in [2.45, 2.75) is 38.5 Å². The third-order valence-electron chi connectivity index (χ3n) is 6.34. The minimum atomic E-state index is -1.68. The molecule has 6 nitrogen and oxygen atoms in total. The molecule has 0 fully saturated rings. The first-order valence-electron chi connectivity index (χ1n) is 11.9. The monoisotopic (exact) mass is 480 g/mol. The summed E-state index contributed by atoms with van der Waals surface area (Å²) in [7, 11) is 0. The van der Waals surface area contributed by atoms with Crippen molar-refractivity contribution in [1.82, 2.24) is 5.32 Å². The molecular weight excluding hydrogens is 452 g/mol. The molecule has 5 rings (SSSR count). The zero-order chi connectivity index (χ0) is 25.5. The molecule has 0 spiro atoms. The molecule has 36 heavy (non-hydrogen) atoms. The molecule has 6 heteroatoms. The Balaban J connectivity index is 1.73. The summed E-state index contributed by atoms with van der Waals surface area (Å²) in [4.78, 5) is 29.3. The lowest BCUT2D eigenvalue weighted by Gasteiger charge is -2.32. The number of aromatic hydroxyl groups is 1. The Bertz CT molecular complexity index is 1460. The van der Waals surface area contributed by atoms with E-state index in [0.717, 1.165) is 10.9 Å². The fraction of sp³-hybridized carbons (Fsp3) is 0.200. The maximum absolute atomic E-state index is 14.4. The van der Waals surface area contributed by atoms with Crippen LogP contribution < -0.4 is 10.2 Å². The first-order valence-corrected chi connectivity index (χ1v) is 11.9. The van der Waals surface area contributed by atoms with Crippen LogP contribution in [0.3, 0.4) is 0 Å². The second-order valence-electron chi connectivity index (χ2n) is 9.95. The lowest BCUT2D eigenvalue weighted by Crippen LogP contribution is -2.54. The van der Waals surface area contributed by atoms with E-state index in [9.17, 15) is 14.7 Å². The number of phenolic OH excluding ortho intramolecular Hbond substituents is 1. The highest BCUT2D eigenvalue weighted by Crippen LogP contribution is 2.49. The minimum absolute atomic E-state index is 0.0612. The fourth-order valence-corrected chi connectivity index (χ4v) is 4.84. The largest absolute Gasteiger partial charge is 0.507 e. The van der Waals surface area contributed by atoms with Gasteiger partial charge < -0.3 is 14.7 Å². The Hall–Kier alpha value is -4.32. The van der Waals surface area contributed by atoms with Crippen molar-refractivity contribution in [3.05, 3.63) is 108 Å². The number of carbonyl (C=O) groups excluding carboxylic acids is 2. The molecule has 1 unspecified atom stereocenters. The van der Waals surface area contributed by atoms with Gasteiger partial charge in [0.15, 0.2) is 5.54 Å². The van der Waals surface area contributed by atoms with E-state index in [4.69, 9.17) is 4.74 Å². The van der Waals surface area contributed by atoms with E-state index in [0.29, 0.717) is 28.7 Å². The molecule has 1 heterocycles. The van der Waals surface area contributed by atoms with Gasteiger partial charge in [-0.1, -0.05) is 84.9 Å². The Labute approximate surface area is 210 Å². The third kappa shape index (κ3) is 3.94. The van der Waals surface area contributed by atoms with Crippen LogP contribution >= 0.6 is 0 Å². The van der Waals surface area contributed by atoms with Gasteiger partial charge in [0, 0.05) is 16.5 Å². The van der Waals surface area contributed by atoms with Crippen molar-refractivity contribution in [2.24, 2.45) is 0 Å². The number of alkyl carbamates (subject to hydrolysis) is 1. The van der Waals surface area contributed by atoms with Gasteiger partial charge >= 0.3 is 6.09 Å². The van der Waals surface area contributed by atoms with Gasteiger partial charge in [-0.25, -0.2) is 4.79 Å². The van der Waals surface area contributed by atoms with E-state index >= 15 is 0 Å². The van der Waals surface area contributed by atoms with Crippen molar-refractivity contribution in [1.29, 1.82) is 0 Å². The van der Waals surface area contributed by atoms with E-state index in [-0.39, 0.29) is 11.7 Å². The molecule has 2 amide bonds. The summed E-state index contributed by atoms with van der Waals surface area (Å²) in [5.74, 6) is -0.433. The first-order chi connectivity index (χ1) is 17.2. The molecule has 1 atom stereocenters. The number of ether oxygens (including phenoxy) is 1. The maximum atomic E-state index is 14.4. The van der Waals surface area contributed by atoms with Crippen LogP contribution in [0.1, 0.15) is 37.5 Å². The zero-order valence-corrected chi connectivity index (χ0v) is 20.5. The molecule has 0 bridgehead atoms. The molecule has 0 saturated carbocycles. The number of nitrogens with zero attached hydrogens (tertiary/aromatic N) is 1. The van der Waals surface area contributed by atoms with Gasteiger partial charge in [-0.05, 0) is 37.8 Å². The van der Waals surface area contributed by atoms with Crippen molar-refractivity contribution in [3.63, 3.8) is 0 Å². The lowest BCUT2D eigenvalue weighted by molar-refractivity contribution is -0.123. The summed E-state index contributed by atoms with van der Waals surface area (Å²) in [6, 6.07) is 27.9. The zero-order valence-electron chi connectivity index (χ0n) is 20.5. The molecule has 0 saturated heterocycles. The van der Waals surface area contributed by atoms with Crippen LogP contribution in [0.5, 0.6) is 5.75 Å². The number of para-hydroxylation sites is 1. The lowest BCUT2D eigenvalue weighted by atomic mass is 9.82. The summed E-state index contributed by atoms with van der Waals surface area (Å²) in [5.41, 5.74) is 0.0116. The molecule has 1 aliphatic rings. The Morgan fingerprint density at radius 1 is 0.889 bits per heavy atom. The Morgan fingerprint density at radius 3 is 2.31 bits per heavy atom. The Kier molecular flexibility index (Phi) is 5.67. The van der Waals surface area contributed by atoms with E-state index in [1.54, 1.807) is 37.8 Å². The summed E-state index contributed by atoms with van der Waals surface area (Å²) in [6.07, 6.45) is -0.750. The molecule has 4 aromatic carbocycles. The van der Waals surface area contributed by atoms with Gasteiger partial charge in [0.2, 0.25) is 0 Å². The van der Waals surface area contributed by atoms with E-state index < -0.39 is 17.2 Å². The number of rotatable bonds is 4. The van der Waals surface area contributed by atoms with Crippen LogP contribution in [0.4, 0.5) is 10.5 Å². The minimum Gasteiger partial charge on any atom is -0.507 e. The van der Waals surface area contributed by atoms with Crippen molar-refractivity contribution < 1.29 is 19.4 Å². The number of anilines is 1. The topological polar surface area (TPSA) is 78.9 Å². The van der Waals surface area contributed by atoms with Crippen LogP contribution in [0.25, 0.3) is 10.8 Å². The highest BCUT2D eigenvalue weighted by molar-refractivity contribution is 6.12. The van der Waals surface area contributed by atoms with Crippen LogP contribution in [0.2, 0.25) is 0 Å². The second-order valence-corrected chi connectivity index (χ2v) is 9.95. The maximum Gasteiger partial charge on any atom is 0.409 e. The molecule has 4 aromatic rings. The van der Waals surface area contributed by atoms with E-state index in [1.165, 1.54) is 0 Å². The van der Waals surface area contributed by atoms with Crippen LogP contribution in [-0.2, 0) is 21.6 Å². The number of fused-ring (bicyclic) bond motifs is 2. The first kappa shape index (κ1) is 23.4. The third-order valence-corrected chi connectivity index (χ3v) is 6.34. The van der Waals surface area contributed by atoms with Gasteiger partial charge in [-0.15, -0.1) is 0 Å². The molecular formula is C30H28N2O4. The highest BCUT2D eigenvalue weighted by atomic mass is 16.6. The number of benzene rings is 4. The van der Waals surface area contributed by atoms with Crippen molar-refractivity contribution in [3.8, 4) is 5.75 Å². The summed E-state index contributed by atoms with van der Waals surface area (Å²) < 4.78 is 5.59. The predicted molar refractivity (Wildman–Crippen MR) is 140 cm³/mol. The summed E-state index contributed by atoms with van der Waals surface area (Å²) in [6.45, 7) is 5.60.